The first-order chi connectivity index (χ1) is 5.57. The molecule has 0 spiro atoms. The molecule has 0 aromatic carbocycles. The fourth-order valence-electron chi connectivity index (χ4n) is 1.17. The van der Waals surface area contributed by atoms with Gasteiger partial charge in [-0.1, -0.05) is 27.2 Å². The predicted molar refractivity (Wildman–Crippen MR) is 61.1 cm³/mol. The van der Waals surface area contributed by atoms with E-state index in [0.717, 1.165) is 12.8 Å². The van der Waals surface area contributed by atoms with Crippen molar-refractivity contribution >= 4 is 32.7 Å². The van der Waals surface area contributed by atoms with Gasteiger partial charge in [-0.05, 0) is 18.3 Å². The minimum absolute atomic E-state index is 0.133. The maximum absolute atomic E-state index is 10.5. The Morgan fingerprint density at radius 1 is 1.58 bits per heavy atom. The first kappa shape index (κ1) is 12.1. The molecule has 0 bridgehead atoms. The van der Waals surface area contributed by atoms with Crippen molar-refractivity contribution in [1.29, 1.82) is 0 Å². The molecule has 3 heteroatoms. The van der Waals surface area contributed by atoms with Crippen LogP contribution in [0.4, 0.5) is 4.79 Å². The number of rotatable bonds is 4. The molecule has 0 radical (unpaired) electrons. The summed E-state index contributed by atoms with van der Waals surface area (Å²) in [5.74, 6) is 1.33. The zero-order valence-corrected chi connectivity index (χ0v) is 10.0. The monoisotopic (exact) mass is 281 g/mol. The maximum Gasteiger partial charge on any atom is 0.305 e. The minimum atomic E-state index is -0.133. The van der Waals surface area contributed by atoms with Gasteiger partial charge in [0.1, 0.15) is 0 Å². The van der Waals surface area contributed by atoms with Crippen molar-refractivity contribution in [2.75, 3.05) is 0 Å². The largest absolute Gasteiger partial charge is 0.305 e. The lowest BCUT2D eigenvalue weighted by atomic mass is 9.91. The van der Waals surface area contributed by atoms with Gasteiger partial charge in [0.05, 0.1) is 0 Å². The van der Waals surface area contributed by atoms with Crippen LogP contribution in [0.1, 0.15) is 33.6 Å². The first-order valence-corrected chi connectivity index (χ1v) is 5.37. The molecule has 1 amide bonds. The lowest BCUT2D eigenvalue weighted by Gasteiger charge is -2.15. The molecular weight excluding hydrogens is 265 g/mol. The molecule has 0 aliphatic rings. The molecule has 0 aromatic rings. The normalized spacial score (nSPS) is 14.1. The van der Waals surface area contributed by atoms with Crippen LogP contribution in [0.5, 0.6) is 0 Å². The smallest absolute Gasteiger partial charge is 0.260 e. The average molecular weight is 281 g/mol. The van der Waals surface area contributed by atoms with Crippen LogP contribution in [0.2, 0.25) is 0 Å². The molecule has 0 aliphatic heterocycles. The number of amides is 1. The lowest BCUT2D eigenvalue weighted by Crippen LogP contribution is -2.07. The van der Waals surface area contributed by atoms with Crippen LogP contribution in [0.25, 0.3) is 0 Å². The van der Waals surface area contributed by atoms with Gasteiger partial charge in [0.25, 0.3) is 0 Å². The van der Waals surface area contributed by atoms with E-state index in [1.54, 1.807) is 28.8 Å². The molecule has 1 atom stereocenters. The molecule has 0 N–H and O–H groups in total. The summed E-state index contributed by atoms with van der Waals surface area (Å²) in [6.45, 7) is 6.58. The summed E-state index contributed by atoms with van der Waals surface area (Å²) in [7, 11) is 0. The van der Waals surface area contributed by atoms with Gasteiger partial charge in [0, 0.05) is 28.8 Å². The second-order valence-electron chi connectivity index (χ2n) is 3.21. The molecule has 1 unspecified atom stereocenters. The van der Waals surface area contributed by atoms with Crippen LogP contribution in [0, 0.1) is 11.8 Å². The fourth-order valence-corrected chi connectivity index (χ4v) is 1.37. The van der Waals surface area contributed by atoms with E-state index in [1.165, 1.54) is 0 Å². The Kier molecular flexibility index (Phi) is 6.61. The minimum Gasteiger partial charge on any atom is -0.260 e. The molecule has 0 aliphatic carbocycles. The van der Waals surface area contributed by atoms with E-state index in [2.05, 4.69) is 25.8 Å². The van der Waals surface area contributed by atoms with Crippen molar-refractivity contribution in [3.05, 3.63) is 0 Å². The zero-order chi connectivity index (χ0) is 9.56. The van der Waals surface area contributed by atoms with E-state index in [-0.39, 0.29) is 3.91 Å². The Hall–Kier alpha value is 0.0700. The molecule has 0 saturated carbocycles. The Balaban J connectivity index is 3.80. The van der Waals surface area contributed by atoms with Crippen LogP contribution >= 0.6 is 22.6 Å². The van der Waals surface area contributed by atoms with E-state index in [1.807, 2.05) is 0 Å². The Morgan fingerprint density at radius 3 is 2.50 bits per heavy atom. The molecule has 0 saturated heterocycles. The van der Waals surface area contributed by atoms with Gasteiger partial charge in [-0.15, -0.1) is 0 Å². The summed E-state index contributed by atoms with van der Waals surface area (Å²) in [6, 6.07) is 0. The van der Waals surface area contributed by atoms with Crippen LogP contribution in [0.15, 0.2) is 4.99 Å². The van der Waals surface area contributed by atoms with Gasteiger partial charge in [-0.25, -0.2) is 4.99 Å². The van der Waals surface area contributed by atoms with Gasteiger partial charge in [0.2, 0.25) is 0 Å². The molecule has 0 heterocycles. The summed E-state index contributed by atoms with van der Waals surface area (Å²) in [5.41, 5.74) is 0. The van der Waals surface area contributed by atoms with Crippen molar-refractivity contribution < 1.29 is 4.79 Å². The summed E-state index contributed by atoms with van der Waals surface area (Å²) >= 11 is 1.68. The third-order valence-corrected chi connectivity index (χ3v) is 2.35. The summed E-state index contributed by atoms with van der Waals surface area (Å²) in [4.78, 5) is 14.2. The van der Waals surface area contributed by atoms with Crippen molar-refractivity contribution in [1.82, 2.24) is 0 Å². The van der Waals surface area contributed by atoms with Gasteiger partial charge >= 0.3 is 3.91 Å². The number of hydrogen-bond donors (Lipinski definition) is 0. The van der Waals surface area contributed by atoms with Gasteiger partial charge in [-0.2, -0.15) is 0 Å². The van der Waals surface area contributed by atoms with Gasteiger partial charge < -0.3 is 0 Å². The van der Waals surface area contributed by atoms with E-state index in [0.29, 0.717) is 11.8 Å². The standard InChI is InChI=1S/C9H16INO/c1-4-8(7(2)3)5-6-11-9(10)12/h6-8H,4-5H2,1-3H3/b11-6-. The predicted octanol–water partition coefficient (Wildman–Crippen LogP) is 3.68. The molecule has 12 heavy (non-hydrogen) atoms. The topological polar surface area (TPSA) is 29.4 Å². The van der Waals surface area contributed by atoms with Crippen LogP contribution in [0.3, 0.4) is 0 Å². The van der Waals surface area contributed by atoms with E-state index in [4.69, 9.17) is 0 Å². The Bertz CT molecular complexity index is 166. The third-order valence-electron chi connectivity index (χ3n) is 2.07. The fraction of sp³-hybridized carbons (Fsp3) is 0.778. The van der Waals surface area contributed by atoms with Crippen molar-refractivity contribution in [2.45, 2.75) is 33.6 Å². The van der Waals surface area contributed by atoms with Gasteiger partial charge in [0.15, 0.2) is 0 Å². The van der Waals surface area contributed by atoms with E-state index in [9.17, 15) is 4.79 Å². The van der Waals surface area contributed by atoms with Crippen LogP contribution in [-0.4, -0.2) is 10.1 Å². The highest BCUT2D eigenvalue weighted by Gasteiger charge is 2.08. The van der Waals surface area contributed by atoms with Crippen molar-refractivity contribution in [3.63, 3.8) is 0 Å². The SMILES string of the molecule is CCC(C/C=N\C(=O)I)C(C)C. The first-order valence-electron chi connectivity index (χ1n) is 4.29. The quantitative estimate of drug-likeness (QED) is 0.334. The summed E-state index contributed by atoms with van der Waals surface area (Å²) in [6.07, 6.45) is 3.81. The molecule has 2 nitrogen and oxygen atoms in total. The molecule has 0 rings (SSSR count). The maximum atomic E-state index is 10.5. The average Bonchev–Trinajstić information content (AvgIpc) is 1.96. The second kappa shape index (κ2) is 6.57. The van der Waals surface area contributed by atoms with Crippen LogP contribution in [-0.2, 0) is 0 Å². The van der Waals surface area contributed by atoms with Crippen molar-refractivity contribution in [3.8, 4) is 0 Å². The number of carbonyl (C=O) groups is 1. The Labute approximate surface area is 88.0 Å². The van der Waals surface area contributed by atoms with Crippen LogP contribution < -0.4 is 0 Å². The second-order valence-corrected chi connectivity index (χ2v) is 4.14. The Morgan fingerprint density at radius 2 is 2.17 bits per heavy atom. The number of halogens is 1. The highest BCUT2D eigenvalue weighted by atomic mass is 127. The third kappa shape index (κ3) is 5.69. The number of hydrogen-bond acceptors (Lipinski definition) is 1. The summed E-state index contributed by atoms with van der Waals surface area (Å²) in [5, 5.41) is 0. The van der Waals surface area contributed by atoms with Gasteiger partial charge in [-0.3, -0.25) is 4.79 Å². The molecule has 0 fully saturated rings. The van der Waals surface area contributed by atoms with Crippen molar-refractivity contribution in [2.24, 2.45) is 16.8 Å². The molecule has 70 valence electrons. The highest BCUT2D eigenvalue weighted by molar-refractivity contribution is 14.1. The summed E-state index contributed by atoms with van der Waals surface area (Å²) < 4.78 is -0.133. The van der Waals surface area contributed by atoms with E-state index >= 15 is 0 Å². The zero-order valence-electron chi connectivity index (χ0n) is 7.88. The number of aliphatic imine (C=N–C) groups is 1. The molecular formula is C9H16INO. The molecule has 0 aromatic heterocycles. The highest BCUT2D eigenvalue weighted by Crippen LogP contribution is 2.17. The number of carbonyl (C=O) groups excluding carboxylic acids is 1. The lowest BCUT2D eigenvalue weighted by molar-refractivity contribution is 0.269. The number of nitrogens with zero attached hydrogens (tertiary/aromatic N) is 1. The van der Waals surface area contributed by atoms with E-state index < -0.39 is 0 Å².